The fourth-order valence-corrected chi connectivity index (χ4v) is 2.23. The van der Waals surface area contributed by atoms with E-state index < -0.39 is 5.97 Å². The molecule has 2 heterocycles. The number of nitrogens with one attached hydrogen (secondary N) is 1. The van der Waals surface area contributed by atoms with E-state index in [2.05, 4.69) is 5.32 Å². The van der Waals surface area contributed by atoms with Gasteiger partial charge in [-0.25, -0.2) is 4.79 Å². The van der Waals surface area contributed by atoms with Gasteiger partial charge in [-0.05, 0) is 18.8 Å². The minimum Gasteiger partial charge on any atom is -0.484 e. The zero-order valence-corrected chi connectivity index (χ0v) is 9.06. The highest BCUT2D eigenvalue weighted by Crippen LogP contribution is 2.41. The number of aromatic carboxylic acids is 1. The number of anilines is 1. The standard InChI is InChI=1S/C11H14N2O3/c1-13-5-7-10(9(13)11(14)15)16-8(4-12-7)6-2-3-6/h5-6,8,12H,2-4H2,1H3,(H,14,15). The summed E-state index contributed by atoms with van der Waals surface area (Å²) in [5.74, 6) is 0.155. The number of hydrogen-bond donors (Lipinski definition) is 2. The van der Waals surface area contributed by atoms with Gasteiger partial charge in [-0.15, -0.1) is 0 Å². The monoisotopic (exact) mass is 222 g/mol. The number of carbonyl (C=O) groups is 1. The van der Waals surface area contributed by atoms with Crippen LogP contribution in [0.15, 0.2) is 6.20 Å². The normalized spacial score (nSPS) is 23.2. The topological polar surface area (TPSA) is 63.5 Å². The number of aromatic nitrogens is 1. The van der Waals surface area contributed by atoms with E-state index in [9.17, 15) is 4.79 Å². The van der Waals surface area contributed by atoms with Gasteiger partial charge >= 0.3 is 5.97 Å². The summed E-state index contributed by atoms with van der Waals surface area (Å²) < 4.78 is 7.40. The number of carboxylic acids is 1. The predicted molar refractivity (Wildman–Crippen MR) is 58.0 cm³/mol. The average Bonchev–Trinajstić information content (AvgIpc) is 2.99. The van der Waals surface area contributed by atoms with Crippen LogP contribution in [0.1, 0.15) is 23.3 Å². The van der Waals surface area contributed by atoms with Gasteiger partial charge in [0.2, 0.25) is 0 Å². The Morgan fingerprint density at radius 2 is 2.38 bits per heavy atom. The molecule has 0 saturated heterocycles. The second-order valence-electron chi connectivity index (χ2n) is 4.51. The third-order valence-corrected chi connectivity index (χ3v) is 3.25. The molecule has 1 aliphatic heterocycles. The average molecular weight is 222 g/mol. The molecule has 1 aromatic rings. The van der Waals surface area contributed by atoms with Crippen LogP contribution >= 0.6 is 0 Å². The second-order valence-corrected chi connectivity index (χ2v) is 4.51. The first-order valence-corrected chi connectivity index (χ1v) is 5.50. The SMILES string of the molecule is Cn1cc2c(c1C(=O)O)OC(C1CC1)CN2. The first-order chi connectivity index (χ1) is 7.66. The molecular weight excluding hydrogens is 208 g/mol. The third kappa shape index (κ3) is 1.35. The van der Waals surface area contributed by atoms with Crippen LogP contribution < -0.4 is 10.1 Å². The molecule has 1 aliphatic carbocycles. The van der Waals surface area contributed by atoms with E-state index in [1.807, 2.05) is 0 Å². The molecule has 2 N–H and O–H groups in total. The van der Waals surface area contributed by atoms with Crippen LogP contribution in [-0.2, 0) is 7.05 Å². The Morgan fingerprint density at radius 3 is 3.00 bits per heavy atom. The van der Waals surface area contributed by atoms with Gasteiger partial charge in [0.1, 0.15) is 6.10 Å². The van der Waals surface area contributed by atoms with Crippen LogP contribution in [-0.4, -0.2) is 28.3 Å². The van der Waals surface area contributed by atoms with E-state index in [0.717, 1.165) is 12.2 Å². The molecule has 0 amide bonds. The molecule has 0 spiro atoms. The number of fused-ring (bicyclic) bond motifs is 1. The highest BCUT2D eigenvalue weighted by atomic mass is 16.5. The number of ether oxygens (including phenoxy) is 1. The number of hydrogen-bond acceptors (Lipinski definition) is 3. The zero-order chi connectivity index (χ0) is 11.3. The van der Waals surface area contributed by atoms with Crippen molar-refractivity contribution in [2.24, 2.45) is 13.0 Å². The van der Waals surface area contributed by atoms with Gasteiger partial charge in [-0.2, -0.15) is 0 Å². The Hall–Kier alpha value is -1.65. The van der Waals surface area contributed by atoms with Crippen molar-refractivity contribution in [3.8, 4) is 5.75 Å². The van der Waals surface area contributed by atoms with Crippen LogP contribution in [0.2, 0.25) is 0 Å². The summed E-state index contributed by atoms with van der Waals surface area (Å²) in [6.45, 7) is 0.779. The molecule has 5 nitrogen and oxygen atoms in total. The quantitative estimate of drug-likeness (QED) is 0.791. The van der Waals surface area contributed by atoms with Crippen molar-refractivity contribution < 1.29 is 14.6 Å². The van der Waals surface area contributed by atoms with E-state index >= 15 is 0 Å². The Kier molecular flexibility index (Phi) is 1.89. The highest BCUT2D eigenvalue weighted by molar-refractivity contribution is 5.92. The second kappa shape index (κ2) is 3.17. The Balaban J connectivity index is 1.97. The van der Waals surface area contributed by atoms with E-state index in [1.165, 1.54) is 12.8 Å². The molecule has 1 saturated carbocycles. The zero-order valence-electron chi connectivity index (χ0n) is 9.06. The van der Waals surface area contributed by atoms with Gasteiger partial charge in [0, 0.05) is 13.2 Å². The number of rotatable bonds is 2. The molecule has 1 fully saturated rings. The van der Waals surface area contributed by atoms with Crippen molar-refractivity contribution >= 4 is 11.7 Å². The molecule has 86 valence electrons. The smallest absolute Gasteiger partial charge is 0.356 e. The lowest BCUT2D eigenvalue weighted by Gasteiger charge is -2.25. The van der Waals surface area contributed by atoms with Gasteiger partial charge in [-0.3, -0.25) is 0 Å². The molecule has 1 atom stereocenters. The van der Waals surface area contributed by atoms with Crippen LogP contribution in [0.3, 0.4) is 0 Å². The minimum atomic E-state index is -0.943. The van der Waals surface area contributed by atoms with E-state index in [4.69, 9.17) is 9.84 Å². The fraction of sp³-hybridized carbons (Fsp3) is 0.545. The lowest BCUT2D eigenvalue weighted by Crippen LogP contribution is -2.32. The summed E-state index contributed by atoms with van der Waals surface area (Å²) in [6, 6.07) is 0. The van der Waals surface area contributed by atoms with Gasteiger partial charge in [0.25, 0.3) is 0 Å². The lowest BCUT2D eigenvalue weighted by atomic mass is 10.2. The van der Waals surface area contributed by atoms with Crippen LogP contribution in [0.5, 0.6) is 5.75 Å². The van der Waals surface area contributed by atoms with Gasteiger partial charge in [0.15, 0.2) is 11.4 Å². The first-order valence-electron chi connectivity index (χ1n) is 5.50. The summed E-state index contributed by atoms with van der Waals surface area (Å²) >= 11 is 0. The van der Waals surface area contributed by atoms with E-state index in [-0.39, 0.29) is 11.8 Å². The summed E-state index contributed by atoms with van der Waals surface area (Å²) in [7, 11) is 1.72. The third-order valence-electron chi connectivity index (χ3n) is 3.25. The molecule has 0 bridgehead atoms. The molecular formula is C11H14N2O3. The molecule has 2 aliphatic rings. The van der Waals surface area contributed by atoms with Crippen molar-refractivity contribution in [1.29, 1.82) is 0 Å². The number of carboxylic acid groups (broad SMARTS) is 1. The van der Waals surface area contributed by atoms with Gasteiger partial charge in [-0.1, -0.05) is 0 Å². The molecule has 1 unspecified atom stereocenters. The fourth-order valence-electron chi connectivity index (χ4n) is 2.23. The molecule has 1 aromatic heterocycles. The number of aryl methyl sites for hydroxylation is 1. The highest BCUT2D eigenvalue weighted by Gasteiger charge is 2.37. The Bertz CT molecular complexity index is 448. The van der Waals surface area contributed by atoms with Gasteiger partial charge < -0.3 is 19.7 Å². The van der Waals surface area contributed by atoms with Crippen molar-refractivity contribution in [1.82, 2.24) is 4.57 Å². The predicted octanol–water partition coefficient (Wildman–Crippen LogP) is 1.31. The molecule has 16 heavy (non-hydrogen) atoms. The molecule has 3 rings (SSSR count). The first kappa shape index (κ1) is 9.57. The van der Waals surface area contributed by atoms with Gasteiger partial charge in [0.05, 0.1) is 12.2 Å². The molecule has 0 aromatic carbocycles. The van der Waals surface area contributed by atoms with Crippen LogP contribution in [0.25, 0.3) is 0 Å². The van der Waals surface area contributed by atoms with Crippen molar-refractivity contribution in [3.05, 3.63) is 11.9 Å². The summed E-state index contributed by atoms with van der Waals surface area (Å²) in [6.07, 6.45) is 4.28. The lowest BCUT2D eigenvalue weighted by molar-refractivity contribution is 0.0676. The maximum absolute atomic E-state index is 11.1. The maximum Gasteiger partial charge on any atom is 0.356 e. The largest absolute Gasteiger partial charge is 0.484 e. The van der Waals surface area contributed by atoms with Crippen molar-refractivity contribution in [3.63, 3.8) is 0 Å². The number of nitrogens with zero attached hydrogens (tertiary/aromatic N) is 1. The van der Waals surface area contributed by atoms with E-state index in [0.29, 0.717) is 11.7 Å². The molecule has 5 heteroatoms. The summed E-state index contributed by atoms with van der Waals surface area (Å²) in [4.78, 5) is 11.1. The minimum absolute atomic E-state index is 0.132. The van der Waals surface area contributed by atoms with Crippen molar-refractivity contribution in [2.45, 2.75) is 18.9 Å². The van der Waals surface area contributed by atoms with Crippen LogP contribution in [0, 0.1) is 5.92 Å². The Morgan fingerprint density at radius 1 is 1.62 bits per heavy atom. The summed E-state index contributed by atoms with van der Waals surface area (Å²) in [5.41, 5.74) is 1.02. The summed E-state index contributed by atoms with van der Waals surface area (Å²) in [5, 5.41) is 12.4. The van der Waals surface area contributed by atoms with E-state index in [1.54, 1.807) is 17.8 Å². The van der Waals surface area contributed by atoms with Crippen molar-refractivity contribution in [2.75, 3.05) is 11.9 Å². The Labute approximate surface area is 93.0 Å². The molecule has 0 radical (unpaired) electrons. The van der Waals surface area contributed by atoms with Crippen LogP contribution in [0.4, 0.5) is 5.69 Å². The maximum atomic E-state index is 11.1.